The second-order valence-electron chi connectivity index (χ2n) is 4.14. The van der Waals surface area contributed by atoms with Crippen LogP contribution in [0.15, 0.2) is 34.1 Å². The van der Waals surface area contributed by atoms with Gasteiger partial charge in [0.15, 0.2) is 0 Å². The molecule has 3 heteroatoms. The Balaban J connectivity index is 2.39. The lowest BCUT2D eigenvalue weighted by molar-refractivity contribution is 0.868. The van der Waals surface area contributed by atoms with Crippen molar-refractivity contribution in [2.75, 3.05) is 0 Å². The zero-order valence-corrected chi connectivity index (χ0v) is 12.4. The van der Waals surface area contributed by atoms with Gasteiger partial charge in [0.05, 0.1) is 9.83 Å². The molecule has 0 fully saturated rings. The number of halogens is 1. The van der Waals surface area contributed by atoms with Crippen LogP contribution in [0.1, 0.15) is 34.5 Å². The number of rotatable bonds is 3. The van der Waals surface area contributed by atoms with E-state index in [2.05, 4.69) is 60.1 Å². The summed E-state index contributed by atoms with van der Waals surface area (Å²) in [6.45, 7) is 4.27. The standard InChI is InChI=1S/C14H16BrNS/c1-3-10-6-4-5-7-11(10)13(16)12-8-9(2)14(15)17-12/h4-8,13H,3,16H2,1-2H3. The van der Waals surface area contributed by atoms with Gasteiger partial charge in [-0.1, -0.05) is 31.2 Å². The minimum Gasteiger partial charge on any atom is -0.320 e. The van der Waals surface area contributed by atoms with Crippen LogP contribution >= 0.6 is 27.3 Å². The highest BCUT2D eigenvalue weighted by Crippen LogP contribution is 2.34. The van der Waals surface area contributed by atoms with Crippen LogP contribution in [0.4, 0.5) is 0 Å². The molecule has 1 nitrogen and oxygen atoms in total. The Morgan fingerprint density at radius 1 is 1.35 bits per heavy atom. The van der Waals surface area contributed by atoms with Gasteiger partial charge in [-0.05, 0) is 52.0 Å². The van der Waals surface area contributed by atoms with E-state index in [0.717, 1.165) is 6.42 Å². The van der Waals surface area contributed by atoms with E-state index in [1.54, 1.807) is 11.3 Å². The minimum absolute atomic E-state index is 0.0128. The average molecular weight is 310 g/mol. The second-order valence-corrected chi connectivity index (χ2v) is 6.54. The summed E-state index contributed by atoms with van der Waals surface area (Å²) in [6.07, 6.45) is 1.02. The quantitative estimate of drug-likeness (QED) is 0.891. The molecule has 0 saturated heterocycles. The van der Waals surface area contributed by atoms with Crippen LogP contribution < -0.4 is 5.73 Å². The first-order chi connectivity index (χ1) is 8.13. The van der Waals surface area contributed by atoms with Crippen molar-refractivity contribution in [2.45, 2.75) is 26.3 Å². The second kappa shape index (κ2) is 5.34. The van der Waals surface area contributed by atoms with Crippen molar-refractivity contribution >= 4 is 27.3 Å². The Labute approximate surface area is 115 Å². The molecule has 0 aliphatic heterocycles. The van der Waals surface area contributed by atoms with Gasteiger partial charge in [-0.25, -0.2) is 0 Å². The highest BCUT2D eigenvalue weighted by Gasteiger charge is 2.15. The Hall–Kier alpha value is -0.640. The molecule has 90 valence electrons. The van der Waals surface area contributed by atoms with Gasteiger partial charge in [-0.15, -0.1) is 11.3 Å². The van der Waals surface area contributed by atoms with Crippen molar-refractivity contribution in [3.8, 4) is 0 Å². The lowest BCUT2D eigenvalue weighted by Crippen LogP contribution is -2.12. The fourth-order valence-corrected chi connectivity index (χ4v) is 3.54. The predicted octanol–water partition coefficient (Wildman–Crippen LogP) is 4.43. The third-order valence-corrected chi connectivity index (χ3v) is 5.17. The van der Waals surface area contributed by atoms with E-state index >= 15 is 0 Å². The maximum absolute atomic E-state index is 6.36. The molecule has 0 amide bonds. The van der Waals surface area contributed by atoms with Crippen LogP contribution in [0.2, 0.25) is 0 Å². The monoisotopic (exact) mass is 309 g/mol. The zero-order valence-electron chi connectivity index (χ0n) is 10.0. The lowest BCUT2D eigenvalue weighted by atomic mass is 9.98. The van der Waals surface area contributed by atoms with Gasteiger partial charge in [0.2, 0.25) is 0 Å². The molecule has 1 unspecified atom stereocenters. The van der Waals surface area contributed by atoms with Crippen molar-refractivity contribution in [1.82, 2.24) is 0 Å². The van der Waals surface area contributed by atoms with Gasteiger partial charge in [0, 0.05) is 4.88 Å². The van der Waals surface area contributed by atoms with Crippen LogP contribution in [-0.2, 0) is 6.42 Å². The van der Waals surface area contributed by atoms with E-state index in [1.807, 2.05) is 0 Å². The van der Waals surface area contributed by atoms with Gasteiger partial charge in [-0.3, -0.25) is 0 Å². The van der Waals surface area contributed by atoms with Crippen molar-refractivity contribution in [1.29, 1.82) is 0 Å². The fraction of sp³-hybridized carbons (Fsp3) is 0.286. The summed E-state index contributed by atoms with van der Waals surface area (Å²) in [5.74, 6) is 0. The molecule has 2 rings (SSSR count). The van der Waals surface area contributed by atoms with E-state index < -0.39 is 0 Å². The molecule has 2 N–H and O–H groups in total. The lowest BCUT2D eigenvalue weighted by Gasteiger charge is -2.14. The normalized spacial score (nSPS) is 12.7. The Bertz CT molecular complexity index is 499. The zero-order chi connectivity index (χ0) is 12.4. The van der Waals surface area contributed by atoms with Crippen LogP contribution in [-0.4, -0.2) is 0 Å². The van der Waals surface area contributed by atoms with Crippen LogP contribution in [0.3, 0.4) is 0 Å². The molecule has 0 aliphatic carbocycles. The largest absolute Gasteiger partial charge is 0.320 e. The van der Waals surface area contributed by atoms with E-state index in [1.165, 1.54) is 25.4 Å². The number of nitrogens with two attached hydrogens (primary N) is 1. The van der Waals surface area contributed by atoms with Crippen molar-refractivity contribution in [3.05, 3.63) is 55.7 Å². The molecule has 1 atom stereocenters. The number of hydrogen-bond acceptors (Lipinski definition) is 2. The smallest absolute Gasteiger partial charge is 0.0731 e. The molecule has 2 aromatic rings. The summed E-state index contributed by atoms with van der Waals surface area (Å²) in [7, 11) is 0. The van der Waals surface area contributed by atoms with E-state index in [0.29, 0.717) is 0 Å². The molecule has 1 aromatic heterocycles. The molecule has 1 aromatic carbocycles. The maximum Gasteiger partial charge on any atom is 0.0731 e. The van der Waals surface area contributed by atoms with Gasteiger partial charge in [0.25, 0.3) is 0 Å². The van der Waals surface area contributed by atoms with Crippen LogP contribution in [0.5, 0.6) is 0 Å². The van der Waals surface area contributed by atoms with Crippen molar-refractivity contribution in [3.63, 3.8) is 0 Å². The molecule has 0 saturated carbocycles. The predicted molar refractivity (Wildman–Crippen MR) is 78.6 cm³/mol. The Morgan fingerprint density at radius 3 is 2.65 bits per heavy atom. The fourth-order valence-electron chi connectivity index (χ4n) is 1.95. The topological polar surface area (TPSA) is 26.0 Å². The maximum atomic E-state index is 6.36. The Kier molecular flexibility index (Phi) is 4.02. The number of benzene rings is 1. The molecule has 0 bridgehead atoms. The van der Waals surface area contributed by atoms with Crippen LogP contribution in [0.25, 0.3) is 0 Å². The van der Waals surface area contributed by atoms with Crippen molar-refractivity contribution < 1.29 is 0 Å². The molecule has 0 aliphatic rings. The minimum atomic E-state index is -0.0128. The molecular weight excluding hydrogens is 294 g/mol. The summed E-state index contributed by atoms with van der Waals surface area (Å²) >= 11 is 5.28. The third-order valence-electron chi connectivity index (χ3n) is 2.95. The highest BCUT2D eigenvalue weighted by molar-refractivity contribution is 9.11. The first kappa shape index (κ1) is 12.8. The van der Waals surface area contributed by atoms with E-state index in [-0.39, 0.29) is 6.04 Å². The third kappa shape index (κ3) is 2.62. The SMILES string of the molecule is CCc1ccccc1C(N)c1cc(C)c(Br)s1. The van der Waals surface area contributed by atoms with Gasteiger partial charge < -0.3 is 5.73 Å². The van der Waals surface area contributed by atoms with Crippen molar-refractivity contribution in [2.24, 2.45) is 5.73 Å². The van der Waals surface area contributed by atoms with Crippen LogP contribution in [0, 0.1) is 6.92 Å². The molecule has 17 heavy (non-hydrogen) atoms. The molecule has 0 radical (unpaired) electrons. The summed E-state index contributed by atoms with van der Waals surface area (Å²) in [5.41, 5.74) is 10.2. The number of hydrogen-bond donors (Lipinski definition) is 1. The number of aryl methyl sites for hydroxylation is 2. The highest BCUT2D eigenvalue weighted by atomic mass is 79.9. The summed E-state index contributed by atoms with van der Waals surface area (Å²) in [4.78, 5) is 1.22. The number of thiophene rings is 1. The molecular formula is C14H16BrNS. The Morgan fingerprint density at radius 2 is 2.06 bits per heavy atom. The summed E-state index contributed by atoms with van der Waals surface area (Å²) in [6, 6.07) is 10.6. The summed E-state index contributed by atoms with van der Waals surface area (Å²) in [5, 5.41) is 0. The van der Waals surface area contributed by atoms with E-state index in [4.69, 9.17) is 5.73 Å². The van der Waals surface area contributed by atoms with Gasteiger partial charge in [-0.2, -0.15) is 0 Å². The first-order valence-electron chi connectivity index (χ1n) is 5.72. The molecule has 0 spiro atoms. The first-order valence-corrected chi connectivity index (χ1v) is 7.33. The van der Waals surface area contributed by atoms with Gasteiger partial charge >= 0.3 is 0 Å². The average Bonchev–Trinajstić information content (AvgIpc) is 2.68. The molecule has 1 heterocycles. The van der Waals surface area contributed by atoms with E-state index in [9.17, 15) is 0 Å². The van der Waals surface area contributed by atoms with Gasteiger partial charge in [0.1, 0.15) is 0 Å². The summed E-state index contributed by atoms with van der Waals surface area (Å²) < 4.78 is 1.18.